The van der Waals surface area contributed by atoms with Crippen LogP contribution in [0.1, 0.15) is 93.5 Å². The standard InChI is InChI=1S/C42H50N4O7/c1-7-51-52-28-35(31-18-10-8-11-19-31)46-37(32-20-12-9-13-21-32)40(48)45(29(2)3)34-24-23-30(27-33(34)39(46)47)17-14-15-26-50-36-22-16-25-43-38(36)44-41(49)53-42(4,5)6/h8-13,16,18-25,27,29,35,37H,7,14-15,17,26,28H2,1-6H3,(H,43,44,49). The molecule has 3 amide bonds. The second-order valence-corrected chi connectivity index (χ2v) is 14.1. The molecule has 0 bridgehead atoms. The first kappa shape index (κ1) is 39.0. The van der Waals surface area contributed by atoms with Gasteiger partial charge in [-0.3, -0.25) is 14.9 Å². The summed E-state index contributed by atoms with van der Waals surface area (Å²) in [4.78, 5) is 60.7. The van der Waals surface area contributed by atoms with Crippen molar-refractivity contribution in [1.29, 1.82) is 0 Å². The van der Waals surface area contributed by atoms with Crippen molar-refractivity contribution >= 4 is 29.4 Å². The summed E-state index contributed by atoms with van der Waals surface area (Å²) in [5, 5.41) is 2.66. The largest absolute Gasteiger partial charge is 0.490 e. The maximum atomic E-state index is 15.0. The lowest BCUT2D eigenvalue weighted by Gasteiger charge is -2.37. The first-order chi connectivity index (χ1) is 25.5. The maximum absolute atomic E-state index is 15.0. The van der Waals surface area contributed by atoms with Gasteiger partial charge in [0.1, 0.15) is 18.2 Å². The minimum atomic E-state index is -0.920. The minimum absolute atomic E-state index is 0.0306. The highest BCUT2D eigenvalue weighted by Gasteiger charge is 2.45. The number of carbonyl (C=O) groups is 3. The van der Waals surface area contributed by atoms with E-state index in [0.29, 0.717) is 48.6 Å². The number of pyridine rings is 1. The van der Waals surface area contributed by atoms with Gasteiger partial charge in [-0.2, -0.15) is 0 Å². The number of aryl methyl sites for hydroxylation is 1. The van der Waals surface area contributed by atoms with E-state index in [1.807, 2.05) is 99.6 Å². The molecular formula is C42H50N4O7. The number of nitrogens with zero attached hydrogens (tertiary/aromatic N) is 3. The zero-order valence-corrected chi connectivity index (χ0v) is 31.4. The van der Waals surface area contributed by atoms with Crippen LogP contribution >= 0.6 is 0 Å². The van der Waals surface area contributed by atoms with Gasteiger partial charge in [-0.1, -0.05) is 66.7 Å². The van der Waals surface area contributed by atoms with Gasteiger partial charge in [0.25, 0.3) is 11.8 Å². The van der Waals surface area contributed by atoms with Crippen molar-refractivity contribution in [1.82, 2.24) is 9.88 Å². The molecule has 11 heteroatoms. The van der Waals surface area contributed by atoms with Gasteiger partial charge in [0.15, 0.2) is 11.6 Å². The maximum Gasteiger partial charge on any atom is 0.413 e. The summed E-state index contributed by atoms with van der Waals surface area (Å²) in [6, 6.07) is 26.5. The number of rotatable bonds is 15. The van der Waals surface area contributed by atoms with Crippen LogP contribution in [0.15, 0.2) is 97.2 Å². The van der Waals surface area contributed by atoms with Crippen LogP contribution in [0.4, 0.5) is 16.3 Å². The Labute approximate surface area is 312 Å². The number of carbonyl (C=O) groups excluding carboxylic acids is 3. The first-order valence-corrected chi connectivity index (χ1v) is 18.2. The molecule has 0 fully saturated rings. The monoisotopic (exact) mass is 722 g/mol. The Balaban J connectivity index is 1.40. The Bertz CT molecular complexity index is 1830. The van der Waals surface area contributed by atoms with Crippen molar-refractivity contribution in [2.45, 2.75) is 84.5 Å². The molecule has 11 nitrogen and oxygen atoms in total. The molecule has 0 radical (unpaired) electrons. The summed E-state index contributed by atoms with van der Waals surface area (Å²) in [6.45, 7) is 11.9. The molecule has 5 rings (SSSR count). The van der Waals surface area contributed by atoms with E-state index in [9.17, 15) is 9.59 Å². The van der Waals surface area contributed by atoms with Crippen LogP contribution in [0, 0.1) is 0 Å². The summed E-state index contributed by atoms with van der Waals surface area (Å²) in [5.41, 5.74) is 2.87. The molecule has 0 aliphatic carbocycles. The van der Waals surface area contributed by atoms with Crippen LogP contribution < -0.4 is 15.0 Å². The van der Waals surface area contributed by atoms with E-state index in [-0.39, 0.29) is 30.3 Å². The van der Waals surface area contributed by atoms with E-state index in [0.717, 1.165) is 17.5 Å². The zero-order valence-electron chi connectivity index (χ0n) is 31.4. The number of benzene rings is 3. The third-order valence-corrected chi connectivity index (χ3v) is 8.62. The third kappa shape index (κ3) is 10.00. The number of nitrogens with one attached hydrogen (secondary N) is 1. The SMILES string of the molecule is CCOOCC(c1ccccc1)N1C(=O)c2cc(CCCCOc3cccnc3NC(=O)OC(C)(C)C)ccc2N(C(C)C)C(=O)C1c1ccccc1. The fourth-order valence-electron chi connectivity index (χ4n) is 6.36. The molecule has 1 N–H and O–H groups in total. The number of anilines is 2. The number of unbranched alkanes of at least 4 members (excludes halogenated alkanes) is 1. The van der Waals surface area contributed by atoms with Crippen LogP contribution in [0.2, 0.25) is 0 Å². The van der Waals surface area contributed by atoms with E-state index in [2.05, 4.69) is 10.3 Å². The van der Waals surface area contributed by atoms with E-state index < -0.39 is 23.8 Å². The second kappa shape index (κ2) is 18.0. The number of hydrogen-bond acceptors (Lipinski definition) is 8. The second-order valence-electron chi connectivity index (χ2n) is 14.1. The topological polar surface area (TPSA) is 120 Å². The van der Waals surface area contributed by atoms with E-state index >= 15 is 4.79 Å². The highest BCUT2D eigenvalue weighted by atomic mass is 17.2. The predicted molar refractivity (Wildman–Crippen MR) is 204 cm³/mol. The van der Waals surface area contributed by atoms with Gasteiger partial charge in [-0.05, 0) is 102 Å². The molecule has 53 heavy (non-hydrogen) atoms. The lowest BCUT2D eigenvalue weighted by molar-refractivity contribution is -0.298. The third-order valence-electron chi connectivity index (χ3n) is 8.62. The Hall–Kier alpha value is -5.26. The van der Waals surface area contributed by atoms with Crippen LogP contribution in [0.25, 0.3) is 0 Å². The van der Waals surface area contributed by atoms with Gasteiger partial charge in [-0.15, -0.1) is 0 Å². The summed E-state index contributed by atoms with van der Waals surface area (Å²) in [7, 11) is 0. The van der Waals surface area contributed by atoms with E-state index in [1.54, 1.807) is 48.9 Å². The molecular weight excluding hydrogens is 672 g/mol. The summed E-state index contributed by atoms with van der Waals surface area (Å²) in [5.74, 6) is 0.262. The first-order valence-electron chi connectivity index (χ1n) is 18.2. The Morgan fingerprint density at radius 3 is 2.30 bits per heavy atom. The van der Waals surface area contributed by atoms with E-state index in [1.165, 1.54) is 0 Å². The van der Waals surface area contributed by atoms with Gasteiger partial charge in [0, 0.05) is 12.2 Å². The average molecular weight is 723 g/mol. The summed E-state index contributed by atoms with van der Waals surface area (Å²) >= 11 is 0. The number of fused-ring (bicyclic) bond motifs is 1. The Morgan fingerprint density at radius 2 is 1.62 bits per heavy atom. The quantitative estimate of drug-likeness (QED) is 0.0738. The molecule has 1 aromatic heterocycles. The molecule has 0 saturated heterocycles. The summed E-state index contributed by atoms with van der Waals surface area (Å²) in [6.07, 6.45) is 3.11. The lowest BCUT2D eigenvalue weighted by atomic mass is 9.97. The predicted octanol–water partition coefficient (Wildman–Crippen LogP) is 8.48. The van der Waals surface area contributed by atoms with E-state index in [4.69, 9.17) is 19.2 Å². The molecule has 0 spiro atoms. The lowest BCUT2D eigenvalue weighted by Crippen LogP contribution is -2.47. The van der Waals surface area contributed by atoms with Gasteiger partial charge >= 0.3 is 6.09 Å². The Morgan fingerprint density at radius 1 is 0.906 bits per heavy atom. The molecule has 1 aliphatic heterocycles. The van der Waals surface area contributed by atoms with Crippen molar-refractivity contribution in [3.8, 4) is 5.75 Å². The van der Waals surface area contributed by atoms with Crippen molar-refractivity contribution in [3.63, 3.8) is 0 Å². The van der Waals surface area contributed by atoms with Crippen molar-refractivity contribution in [2.75, 3.05) is 30.0 Å². The molecule has 0 saturated carbocycles. The fourth-order valence-corrected chi connectivity index (χ4v) is 6.36. The van der Waals surface area contributed by atoms with Crippen molar-refractivity contribution < 1.29 is 33.6 Å². The van der Waals surface area contributed by atoms with Crippen LogP contribution in [0.5, 0.6) is 5.75 Å². The molecule has 280 valence electrons. The van der Waals surface area contributed by atoms with Gasteiger partial charge in [0.05, 0.1) is 30.5 Å². The molecule has 2 atom stereocenters. The van der Waals surface area contributed by atoms with Crippen molar-refractivity contribution in [3.05, 3.63) is 119 Å². The van der Waals surface area contributed by atoms with Crippen LogP contribution in [0.3, 0.4) is 0 Å². The number of ether oxygens (including phenoxy) is 2. The molecule has 1 aliphatic rings. The summed E-state index contributed by atoms with van der Waals surface area (Å²) < 4.78 is 11.4. The zero-order chi connectivity index (χ0) is 38.0. The normalized spacial score (nSPS) is 15.2. The number of aromatic nitrogens is 1. The highest BCUT2D eigenvalue weighted by Crippen LogP contribution is 2.41. The highest BCUT2D eigenvalue weighted by molar-refractivity contribution is 6.11. The van der Waals surface area contributed by atoms with Gasteiger partial charge in [0.2, 0.25) is 0 Å². The number of amides is 3. The Kier molecular flexibility index (Phi) is 13.2. The smallest absolute Gasteiger partial charge is 0.413 e. The fraction of sp³-hybridized carbons (Fsp3) is 0.381. The van der Waals surface area contributed by atoms with Crippen molar-refractivity contribution in [2.24, 2.45) is 0 Å². The molecule has 4 aromatic rings. The van der Waals surface area contributed by atoms with Crippen LogP contribution in [-0.2, 0) is 25.7 Å². The van der Waals surface area contributed by atoms with Crippen LogP contribution in [-0.4, -0.2) is 59.3 Å². The molecule has 2 heterocycles. The average Bonchev–Trinajstić information content (AvgIpc) is 3.22. The van der Waals surface area contributed by atoms with Gasteiger partial charge in [-0.25, -0.2) is 19.6 Å². The molecule has 2 unspecified atom stereocenters. The van der Waals surface area contributed by atoms with Gasteiger partial charge < -0.3 is 19.3 Å². The number of hydrogen-bond donors (Lipinski definition) is 1. The minimum Gasteiger partial charge on any atom is -0.490 e. The molecule has 3 aromatic carbocycles.